The van der Waals surface area contributed by atoms with E-state index in [1.165, 1.54) is 0 Å². The van der Waals surface area contributed by atoms with Crippen molar-refractivity contribution in [2.45, 2.75) is 13.0 Å². The van der Waals surface area contributed by atoms with Crippen molar-refractivity contribution in [2.24, 2.45) is 0 Å². The van der Waals surface area contributed by atoms with E-state index in [2.05, 4.69) is 35.5 Å². The summed E-state index contributed by atoms with van der Waals surface area (Å²) in [6, 6.07) is 6.12. The Hall–Kier alpha value is -1.75. The number of imidazole rings is 1. The van der Waals surface area contributed by atoms with Crippen molar-refractivity contribution < 1.29 is 4.74 Å². The Kier molecular flexibility index (Phi) is 3.43. The van der Waals surface area contributed by atoms with E-state index in [0.29, 0.717) is 5.95 Å². The van der Waals surface area contributed by atoms with Crippen LogP contribution in [0, 0.1) is 0 Å². The van der Waals surface area contributed by atoms with Crippen LogP contribution in [-0.4, -0.2) is 42.2 Å². The van der Waals surface area contributed by atoms with Gasteiger partial charge < -0.3 is 19.9 Å². The van der Waals surface area contributed by atoms with Gasteiger partial charge in [-0.05, 0) is 33.2 Å². The lowest BCUT2D eigenvalue weighted by atomic mass is 10.2. The molecule has 0 saturated carbocycles. The summed E-state index contributed by atoms with van der Waals surface area (Å²) >= 11 is 0. The molecule has 0 aliphatic rings. The molecule has 0 saturated heterocycles. The Labute approximate surface area is 107 Å². The highest BCUT2D eigenvalue weighted by Crippen LogP contribution is 2.26. The molecule has 18 heavy (non-hydrogen) atoms. The van der Waals surface area contributed by atoms with Crippen molar-refractivity contribution in [1.82, 2.24) is 14.5 Å². The molecular weight excluding hydrogens is 228 g/mol. The van der Waals surface area contributed by atoms with Crippen molar-refractivity contribution in [3.63, 3.8) is 0 Å². The first-order valence-corrected chi connectivity index (χ1v) is 5.99. The lowest BCUT2D eigenvalue weighted by Gasteiger charge is -2.20. The highest BCUT2D eigenvalue weighted by Gasteiger charge is 2.14. The normalized spacial score (nSPS) is 13.2. The molecule has 5 nitrogen and oxygen atoms in total. The van der Waals surface area contributed by atoms with Crippen LogP contribution in [0.2, 0.25) is 0 Å². The zero-order valence-corrected chi connectivity index (χ0v) is 11.3. The zero-order valence-electron chi connectivity index (χ0n) is 11.3. The predicted octanol–water partition coefficient (Wildman–Crippen LogP) is 1.75. The van der Waals surface area contributed by atoms with E-state index in [9.17, 15) is 0 Å². The van der Waals surface area contributed by atoms with Gasteiger partial charge in [0.05, 0.1) is 18.1 Å². The van der Waals surface area contributed by atoms with Gasteiger partial charge in [0.25, 0.3) is 0 Å². The highest BCUT2D eigenvalue weighted by atomic mass is 16.5. The SMILES string of the molecule is COc1ccc2c(c1)nc(N)n2C(C)CN(C)C. The van der Waals surface area contributed by atoms with Gasteiger partial charge in [-0.3, -0.25) is 0 Å². The van der Waals surface area contributed by atoms with Crippen LogP contribution >= 0.6 is 0 Å². The third-order valence-electron chi connectivity index (χ3n) is 2.99. The van der Waals surface area contributed by atoms with Crippen LogP contribution in [0.1, 0.15) is 13.0 Å². The Morgan fingerprint density at radius 2 is 2.17 bits per heavy atom. The Morgan fingerprint density at radius 1 is 1.44 bits per heavy atom. The van der Waals surface area contributed by atoms with E-state index in [0.717, 1.165) is 23.3 Å². The van der Waals surface area contributed by atoms with Gasteiger partial charge in [-0.2, -0.15) is 0 Å². The van der Waals surface area contributed by atoms with Crippen molar-refractivity contribution in [3.05, 3.63) is 18.2 Å². The number of hydrogen-bond donors (Lipinski definition) is 1. The zero-order chi connectivity index (χ0) is 13.3. The summed E-state index contributed by atoms with van der Waals surface area (Å²) in [5.74, 6) is 1.35. The maximum Gasteiger partial charge on any atom is 0.201 e. The summed E-state index contributed by atoms with van der Waals surface area (Å²) < 4.78 is 7.26. The number of nitrogens with zero attached hydrogens (tertiary/aromatic N) is 3. The minimum absolute atomic E-state index is 0.276. The van der Waals surface area contributed by atoms with E-state index in [4.69, 9.17) is 10.5 Å². The molecular formula is C13H20N4O. The first kappa shape index (κ1) is 12.7. The van der Waals surface area contributed by atoms with Gasteiger partial charge in [-0.25, -0.2) is 4.98 Å². The molecule has 1 aromatic carbocycles. The largest absolute Gasteiger partial charge is 0.497 e. The van der Waals surface area contributed by atoms with Crippen molar-refractivity contribution >= 4 is 17.0 Å². The van der Waals surface area contributed by atoms with Crippen LogP contribution in [-0.2, 0) is 0 Å². The molecule has 0 aliphatic heterocycles. The van der Waals surface area contributed by atoms with Crippen molar-refractivity contribution in [2.75, 3.05) is 33.5 Å². The maximum atomic E-state index is 6.01. The van der Waals surface area contributed by atoms with E-state index in [1.54, 1.807) is 7.11 Å². The Bertz CT molecular complexity index is 547. The number of likely N-dealkylation sites (N-methyl/N-ethyl adjacent to an activating group) is 1. The standard InChI is InChI=1S/C13H20N4O/c1-9(8-16(2)3)17-12-6-5-10(18-4)7-11(12)15-13(17)14/h5-7,9H,8H2,1-4H3,(H2,14,15). The third-order valence-corrected chi connectivity index (χ3v) is 2.99. The van der Waals surface area contributed by atoms with E-state index in [-0.39, 0.29) is 6.04 Å². The summed E-state index contributed by atoms with van der Waals surface area (Å²) in [6.45, 7) is 3.06. The smallest absolute Gasteiger partial charge is 0.201 e. The average molecular weight is 248 g/mol. The monoisotopic (exact) mass is 248 g/mol. The van der Waals surface area contributed by atoms with Crippen LogP contribution in [0.15, 0.2) is 18.2 Å². The van der Waals surface area contributed by atoms with Gasteiger partial charge in [-0.1, -0.05) is 0 Å². The highest BCUT2D eigenvalue weighted by molar-refractivity contribution is 5.80. The minimum Gasteiger partial charge on any atom is -0.497 e. The van der Waals surface area contributed by atoms with Gasteiger partial charge in [0.15, 0.2) is 0 Å². The number of benzene rings is 1. The van der Waals surface area contributed by atoms with Crippen LogP contribution in [0.5, 0.6) is 5.75 Å². The number of ether oxygens (including phenoxy) is 1. The molecule has 0 aliphatic carbocycles. The molecule has 2 aromatic rings. The van der Waals surface area contributed by atoms with Crippen LogP contribution in [0.3, 0.4) is 0 Å². The summed E-state index contributed by atoms with van der Waals surface area (Å²) in [7, 11) is 5.75. The molecule has 0 spiro atoms. The molecule has 1 unspecified atom stereocenters. The lowest BCUT2D eigenvalue weighted by molar-refractivity contribution is 0.342. The first-order chi connectivity index (χ1) is 8.52. The second-order valence-corrected chi connectivity index (χ2v) is 4.81. The second-order valence-electron chi connectivity index (χ2n) is 4.81. The molecule has 0 amide bonds. The summed E-state index contributed by atoms with van der Waals surface area (Å²) in [4.78, 5) is 6.53. The number of rotatable bonds is 4. The molecule has 5 heteroatoms. The molecule has 1 heterocycles. The molecule has 2 N–H and O–H groups in total. The molecule has 0 bridgehead atoms. The van der Waals surface area contributed by atoms with E-state index in [1.807, 2.05) is 18.2 Å². The first-order valence-electron chi connectivity index (χ1n) is 5.99. The van der Waals surface area contributed by atoms with E-state index >= 15 is 0 Å². The molecule has 98 valence electrons. The number of anilines is 1. The quantitative estimate of drug-likeness (QED) is 0.895. The van der Waals surface area contributed by atoms with Crippen molar-refractivity contribution in [3.8, 4) is 5.75 Å². The molecule has 0 fully saturated rings. The van der Waals surface area contributed by atoms with Gasteiger partial charge in [-0.15, -0.1) is 0 Å². The number of nitrogens with two attached hydrogens (primary N) is 1. The number of fused-ring (bicyclic) bond motifs is 1. The number of nitrogen functional groups attached to an aromatic ring is 1. The van der Waals surface area contributed by atoms with Crippen molar-refractivity contribution in [1.29, 1.82) is 0 Å². The van der Waals surface area contributed by atoms with Crippen LogP contribution in [0.25, 0.3) is 11.0 Å². The van der Waals surface area contributed by atoms with Gasteiger partial charge in [0, 0.05) is 18.7 Å². The fourth-order valence-corrected chi connectivity index (χ4v) is 2.30. The summed E-state index contributed by atoms with van der Waals surface area (Å²) in [5, 5.41) is 0. The molecule has 1 aromatic heterocycles. The molecule has 0 radical (unpaired) electrons. The van der Waals surface area contributed by atoms with Gasteiger partial charge in [0.2, 0.25) is 5.95 Å². The second kappa shape index (κ2) is 4.86. The number of hydrogen-bond acceptors (Lipinski definition) is 4. The van der Waals surface area contributed by atoms with Gasteiger partial charge >= 0.3 is 0 Å². The Balaban J connectivity index is 2.47. The van der Waals surface area contributed by atoms with Crippen LogP contribution < -0.4 is 10.5 Å². The number of methoxy groups -OCH3 is 1. The predicted molar refractivity (Wildman–Crippen MR) is 74.0 cm³/mol. The fourth-order valence-electron chi connectivity index (χ4n) is 2.30. The lowest BCUT2D eigenvalue weighted by Crippen LogP contribution is -2.23. The summed E-state index contributed by atoms with van der Waals surface area (Å²) in [5.41, 5.74) is 7.93. The topological polar surface area (TPSA) is 56.3 Å². The molecule has 2 rings (SSSR count). The Morgan fingerprint density at radius 3 is 2.78 bits per heavy atom. The fraction of sp³-hybridized carbons (Fsp3) is 0.462. The number of aromatic nitrogens is 2. The third kappa shape index (κ3) is 2.26. The maximum absolute atomic E-state index is 6.01. The molecule has 1 atom stereocenters. The minimum atomic E-state index is 0.276. The van der Waals surface area contributed by atoms with E-state index < -0.39 is 0 Å². The van der Waals surface area contributed by atoms with Gasteiger partial charge in [0.1, 0.15) is 5.75 Å². The summed E-state index contributed by atoms with van der Waals surface area (Å²) in [6.07, 6.45) is 0. The van der Waals surface area contributed by atoms with Crippen LogP contribution in [0.4, 0.5) is 5.95 Å². The average Bonchev–Trinajstić information content (AvgIpc) is 2.62.